The van der Waals surface area contributed by atoms with E-state index >= 15 is 0 Å². The molecular formula is C10H10N3. The molecule has 2 aromatic rings. The second kappa shape index (κ2) is 3.01. The van der Waals surface area contributed by atoms with Crippen LogP contribution in [0.1, 0.15) is 11.3 Å². The Morgan fingerprint density at radius 2 is 2.00 bits per heavy atom. The minimum Gasteiger partial charge on any atom is -0.217 e. The van der Waals surface area contributed by atoms with Crippen molar-refractivity contribution in [2.75, 3.05) is 0 Å². The molecule has 0 bridgehead atoms. The molecule has 0 unspecified atom stereocenters. The number of para-hydroxylation sites is 1. The van der Waals surface area contributed by atoms with Gasteiger partial charge in [-0.2, -0.15) is 0 Å². The summed E-state index contributed by atoms with van der Waals surface area (Å²) in [6.45, 7) is 3.99. The first-order chi connectivity index (χ1) is 6.29. The maximum atomic E-state index is 3.96. The zero-order valence-electron chi connectivity index (χ0n) is 7.65. The monoisotopic (exact) mass is 172 g/mol. The normalized spacial score (nSPS) is 10.3. The van der Waals surface area contributed by atoms with Crippen molar-refractivity contribution in [2.24, 2.45) is 0 Å². The van der Waals surface area contributed by atoms with Crippen LogP contribution in [0.4, 0.5) is 0 Å². The first-order valence-corrected chi connectivity index (χ1v) is 4.15. The fourth-order valence-corrected chi connectivity index (χ4v) is 1.28. The van der Waals surface area contributed by atoms with Crippen molar-refractivity contribution in [1.82, 2.24) is 15.0 Å². The molecule has 0 fully saturated rings. The van der Waals surface area contributed by atoms with Crippen LogP contribution in [0.2, 0.25) is 0 Å². The van der Waals surface area contributed by atoms with Gasteiger partial charge in [0.1, 0.15) is 6.20 Å². The van der Waals surface area contributed by atoms with Crippen molar-refractivity contribution >= 4 is 0 Å². The first kappa shape index (κ1) is 7.98. The number of hydrogen-bond donors (Lipinski definition) is 0. The molecule has 65 valence electrons. The van der Waals surface area contributed by atoms with E-state index in [4.69, 9.17) is 0 Å². The third kappa shape index (κ3) is 1.33. The molecule has 3 heteroatoms. The van der Waals surface area contributed by atoms with Gasteiger partial charge >= 0.3 is 0 Å². The third-order valence-corrected chi connectivity index (χ3v) is 2.01. The number of benzene rings is 1. The fraction of sp³-hybridized carbons (Fsp3) is 0.200. The lowest BCUT2D eigenvalue weighted by Crippen LogP contribution is -2.00. The van der Waals surface area contributed by atoms with E-state index in [1.165, 1.54) is 5.56 Å². The lowest BCUT2D eigenvalue weighted by Gasteiger charge is -2.05. The first-order valence-electron chi connectivity index (χ1n) is 4.15. The summed E-state index contributed by atoms with van der Waals surface area (Å²) < 4.78 is 1.79. The molecule has 2 rings (SSSR count). The van der Waals surface area contributed by atoms with Gasteiger partial charge in [0.25, 0.3) is 0 Å². The molecule has 13 heavy (non-hydrogen) atoms. The van der Waals surface area contributed by atoms with E-state index < -0.39 is 0 Å². The Balaban J connectivity index is 2.59. The van der Waals surface area contributed by atoms with Gasteiger partial charge in [-0.3, -0.25) is 0 Å². The van der Waals surface area contributed by atoms with Crippen molar-refractivity contribution in [2.45, 2.75) is 13.8 Å². The van der Waals surface area contributed by atoms with Crippen LogP contribution in [0.5, 0.6) is 0 Å². The highest BCUT2D eigenvalue weighted by Crippen LogP contribution is 2.12. The van der Waals surface area contributed by atoms with Crippen LogP contribution in [0.15, 0.2) is 24.3 Å². The van der Waals surface area contributed by atoms with Gasteiger partial charge < -0.3 is 0 Å². The van der Waals surface area contributed by atoms with Crippen molar-refractivity contribution in [1.29, 1.82) is 0 Å². The summed E-state index contributed by atoms with van der Waals surface area (Å²) in [7, 11) is 0. The van der Waals surface area contributed by atoms with Gasteiger partial charge in [0.2, 0.25) is 0 Å². The summed E-state index contributed by atoms with van der Waals surface area (Å²) in [5.74, 6) is 0. The summed E-state index contributed by atoms with van der Waals surface area (Å²) in [6.07, 6.45) is 2.80. The van der Waals surface area contributed by atoms with Crippen molar-refractivity contribution in [3.05, 3.63) is 41.7 Å². The van der Waals surface area contributed by atoms with Crippen LogP contribution in [0.25, 0.3) is 5.69 Å². The Labute approximate surface area is 77.0 Å². The van der Waals surface area contributed by atoms with Crippen LogP contribution < -0.4 is 0 Å². The van der Waals surface area contributed by atoms with E-state index in [0.29, 0.717) is 0 Å². The Kier molecular flexibility index (Phi) is 1.85. The second-order valence-electron chi connectivity index (χ2n) is 2.98. The highest BCUT2D eigenvalue weighted by molar-refractivity contribution is 5.39. The highest BCUT2D eigenvalue weighted by atomic mass is 15.4. The molecule has 0 saturated carbocycles. The number of rotatable bonds is 1. The van der Waals surface area contributed by atoms with Crippen LogP contribution in [0, 0.1) is 20.0 Å². The highest BCUT2D eigenvalue weighted by Gasteiger charge is 2.03. The van der Waals surface area contributed by atoms with Gasteiger partial charge in [-0.15, -0.1) is 5.10 Å². The quantitative estimate of drug-likeness (QED) is 0.655. The van der Waals surface area contributed by atoms with Crippen molar-refractivity contribution < 1.29 is 0 Å². The van der Waals surface area contributed by atoms with Gasteiger partial charge in [0, 0.05) is 0 Å². The summed E-state index contributed by atoms with van der Waals surface area (Å²) in [5, 5.41) is 7.69. The predicted octanol–water partition coefficient (Wildman–Crippen LogP) is 1.68. The fourth-order valence-electron chi connectivity index (χ4n) is 1.28. The smallest absolute Gasteiger partial charge is 0.138 e. The number of nitrogens with zero attached hydrogens (tertiary/aromatic N) is 3. The largest absolute Gasteiger partial charge is 0.217 e. The van der Waals surface area contributed by atoms with Crippen molar-refractivity contribution in [3.63, 3.8) is 0 Å². The summed E-state index contributed by atoms with van der Waals surface area (Å²) in [4.78, 5) is 0. The Morgan fingerprint density at radius 3 is 2.62 bits per heavy atom. The molecule has 0 amide bonds. The zero-order valence-corrected chi connectivity index (χ0v) is 7.65. The Morgan fingerprint density at radius 1 is 1.23 bits per heavy atom. The summed E-state index contributed by atoms with van der Waals surface area (Å²) >= 11 is 0. The van der Waals surface area contributed by atoms with E-state index in [-0.39, 0.29) is 0 Å². The van der Waals surface area contributed by atoms with E-state index in [1.54, 1.807) is 4.68 Å². The van der Waals surface area contributed by atoms with Crippen LogP contribution in [-0.2, 0) is 0 Å². The van der Waals surface area contributed by atoms with E-state index in [2.05, 4.69) is 29.5 Å². The number of aromatic nitrogens is 3. The van der Waals surface area contributed by atoms with Gasteiger partial charge in [-0.25, -0.2) is 4.68 Å². The molecule has 1 aromatic heterocycles. The van der Waals surface area contributed by atoms with Gasteiger partial charge in [-0.05, 0) is 25.5 Å². The average Bonchev–Trinajstić information content (AvgIpc) is 2.52. The molecule has 0 aliphatic carbocycles. The molecular weight excluding hydrogens is 162 g/mol. The lowest BCUT2D eigenvalue weighted by molar-refractivity contribution is 0.780. The van der Waals surface area contributed by atoms with Crippen LogP contribution in [-0.4, -0.2) is 15.0 Å². The van der Waals surface area contributed by atoms with Crippen LogP contribution >= 0.6 is 0 Å². The predicted molar refractivity (Wildman–Crippen MR) is 49.7 cm³/mol. The molecule has 1 radical (unpaired) electrons. The molecule has 0 aliphatic heterocycles. The summed E-state index contributed by atoms with van der Waals surface area (Å²) in [6, 6.07) is 8.07. The molecule has 1 heterocycles. The lowest BCUT2D eigenvalue weighted by atomic mass is 10.2. The molecule has 0 atom stereocenters. The molecule has 0 saturated heterocycles. The molecule has 1 aromatic carbocycles. The minimum atomic E-state index is 0.925. The van der Waals surface area contributed by atoms with Gasteiger partial charge in [0.05, 0.1) is 11.4 Å². The van der Waals surface area contributed by atoms with E-state index in [9.17, 15) is 0 Å². The van der Waals surface area contributed by atoms with E-state index in [1.807, 2.05) is 25.1 Å². The SMILES string of the molecule is Cc1ccccc1-n1nn[c]c1C. The van der Waals surface area contributed by atoms with Gasteiger partial charge in [0.15, 0.2) is 0 Å². The molecule has 0 N–H and O–H groups in total. The number of hydrogen-bond acceptors (Lipinski definition) is 2. The van der Waals surface area contributed by atoms with Crippen LogP contribution in [0.3, 0.4) is 0 Å². The average molecular weight is 172 g/mol. The maximum absolute atomic E-state index is 3.96. The maximum Gasteiger partial charge on any atom is 0.138 e. The minimum absolute atomic E-state index is 0.925. The topological polar surface area (TPSA) is 30.7 Å². The Hall–Kier alpha value is -1.64. The van der Waals surface area contributed by atoms with E-state index in [0.717, 1.165) is 11.4 Å². The standard InChI is InChI=1S/C10H10N3/c1-8-5-3-4-6-10(8)13-9(2)7-11-12-13/h3-6H,1-2H3. The van der Waals surface area contributed by atoms with Gasteiger partial charge in [-0.1, -0.05) is 23.4 Å². The molecule has 0 spiro atoms. The molecule has 0 aliphatic rings. The van der Waals surface area contributed by atoms with Crippen molar-refractivity contribution in [3.8, 4) is 5.69 Å². The zero-order chi connectivity index (χ0) is 9.26. The summed E-state index contributed by atoms with van der Waals surface area (Å²) in [5.41, 5.74) is 3.17. The number of aryl methyl sites for hydroxylation is 2. The molecule has 3 nitrogen and oxygen atoms in total. The Bertz CT molecular complexity index is 418. The third-order valence-electron chi connectivity index (χ3n) is 2.01. The second-order valence-corrected chi connectivity index (χ2v) is 2.98.